The third-order valence-electron chi connectivity index (χ3n) is 3.76. The standard InChI is InChI=1S/C14H14Cl2N2O3S2/c1-2-13(19)17-14-18(10-5-8(15)3-4-9(10)16)11-6-23(20,21)7-12(11)22-14/h3-5,11-12H,2,6-7H2,1H3/t11-,12-/m0/s1. The number of carbonyl (C=O) groups excluding carboxylic acids is 1. The van der Waals surface area contributed by atoms with Gasteiger partial charge in [0.05, 0.1) is 28.3 Å². The van der Waals surface area contributed by atoms with Gasteiger partial charge in [0.1, 0.15) is 0 Å². The molecule has 0 aromatic heterocycles. The third-order valence-corrected chi connectivity index (χ3v) is 7.52. The largest absolute Gasteiger partial charge is 0.314 e. The molecule has 0 spiro atoms. The first-order valence-electron chi connectivity index (χ1n) is 7.03. The molecule has 3 rings (SSSR count). The second kappa shape index (κ2) is 6.27. The molecule has 0 unspecified atom stereocenters. The van der Waals surface area contributed by atoms with Crippen LogP contribution in [0.1, 0.15) is 13.3 Å². The van der Waals surface area contributed by atoms with Crippen LogP contribution in [-0.2, 0) is 14.6 Å². The van der Waals surface area contributed by atoms with Gasteiger partial charge in [0, 0.05) is 16.7 Å². The van der Waals surface area contributed by atoms with E-state index in [2.05, 4.69) is 4.99 Å². The lowest BCUT2D eigenvalue weighted by Crippen LogP contribution is -2.37. The van der Waals surface area contributed by atoms with Crippen molar-refractivity contribution in [2.75, 3.05) is 16.4 Å². The SMILES string of the molecule is CCC(=O)N=C1S[C@H]2CS(=O)(=O)C[C@@H]2N1c1cc(Cl)ccc1Cl. The molecule has 1 amide bonds. The quantitative estimate of drug-likeness (QED) is 0.773. The number of amides is 1. The van der Waals surface area contributed by atoms with Crippen LogP contribution in [-0.4, -0.2) is 42.3 Å². The predicted octanol–water partition coefficient (Wildman–Crippen LogP) is 3.00. The van der Waals surface area contributed by atoms with Crippen LogP contribution in [0.25, 0.3) is 0 Å². The topological polar surface area (TPSA) is 66.8 Å². The van der Waals surface area contributed by atoms with E-state index in [0.717, 1.165) is 0 Å². The smallest absolute Gasteiger partial charge is 0.247 e. The van der Waals surface area contributed by atoms with Crippen molar-refractivity contribution in [2.24, 2.45) is 4.99 Å². The van der Waals surface area contributed by atoms with E-state index in [0.29, 0.717) is 20.9 Å². The van der Waals surface area contributed by atoms with E-state index in [4.69, 9.17) is 23.2 Å². The van der Waals surface area contributed by atoms with Crippen LogP contribution in [0.4, 0.5) is 5.69 Å². The highest BCUT2D eigenvalue weighted by Gasteiger charge is 2.49. The monoisotopic (exact) mass is 392 g/mol. The number of sulfone groups is 1. The zero-order valence-corrected chi connectivity index (χ0v) is 15.3. The molecule has 0 saturated carbocycles. The summed E-state index contributed by atoms with van der Waals surface area (Å²) < 4.78 is 23.9. The summed E-state index contributed by atoms with van der Waals surface area (Å²) in [6.07, 6.45) is 0.287. The van der Waals surface area contributed by atoms with Gasteiger partial charge >= 0.3 is 0 Å². The van der Waals surface area contributed by atoms with E-state index in [1.54, 1.807) is 30.0 Å². The van der Waals surface area contributed by atoms with Gasteiger partial charge < -0.3 is 4.90 Å². The Morgan fingerprint density at radius 2 is 2.13 bits per heavy atom. The van der Waals surface area contributed by atoms with Crippen molar-refractivity contribution in [3.8, 4) is 0 Å². The van der Waals surface area contributed by atoms with Gasteiger partial charge in [0.25, 0.3) is 0 Å². The minimum absolute atomic E-state index is 0.0207. The fraction of sp³-hybridized carbons (Fsp3) is 0.429. The Morgan fingerprint density at radius 3 is 2.83 bits per heavy atom. The van der Waals surface area contributed by atoms with Gasteiger partial charge in [0.15, 0.2) is 15.0 Å². The lowest BCUT2D eigenvalue weighted by atomic mass is 10.2. The molecule has 124 valence electrons. The number of aliphatic imine (C=N–C) groups is 1. The lowest BCUT2D eigenvalue weighted by Gasteiger charge is -2.25. The first-order chi connectivity index (χ1) is 10.8. The van der Waals surface area contributed by atoms with Gasteiger partial charge in [-0.1, -0.05) is 41.9 Å². The van der Waals surface area contributed by atoms with E-state index in [9.17, 15) is 13.2 Å². The lowest BCUT2D eigenvalue weighted by molar-refractivity contribution is -0.117. The van der Waals surface area contributed by atoms with Gasteiger partial charge in [-0.25, -0.2) is 8.42 Å². The number of hydrogen-bond donors (Lipinski definition) is 0. The maximum absolute atomic E-state index is 12.0. The van der Waals surface area contributed by atoms with Crippen molar-refractivity contribution >= 4 is 61.6 Å². The van der Waals surface area contributed by atoms with Crippen molar-refractivity contribution in [1.29, 1.82) is 0 Å². The number of hydrogen-bond acceptors (Lipinski definition) is 4. The van der Waals surface area contributed by atoms with Crippen molar-refractivity contribution in [3.05, 3.63) is 28.2 Å². The molecule has 2 fully saturated rings. The Labute approximate surface area is 149 Å². The van der Waals surface area contributed by atoms with Gasteiger partial charge in [-0.05, 0) is 18.2 Å². The average molecular weight is 393 g/mol. The van der Waals surface area contributed by atoms with Crippen LogP contribution < -0.4 is 4.90 Å². The number of benzene rings is 1. The summed E-state index contributed by atoms with van der Waals surface area (Å²) in [4.78, 5) is 17.6. The van der Waals surface area contributed by atoms with E-state index in [-0.39, 0.29) is 35.1 Å². The molecule has 2 aliphatic rings. The van der Waals surface area contributed by atoms with Crippen LogP contribution in [0.3, 0.4) is 0 Å². The van der Waals surface area contributed by atoms with E-state index in [1.807, 2.05) is 0 Å². The molecule has 2 aliphatic heterocycles. The van der Waals surface area contributed by atoms with Crippen molar-refractivity contribution in [2.45, 2.75) is 24.6 Å². The van der Waals surface area contributed by atoms with Gasteiger partial charge in [-0.2, -0.15) is 4.99 Å². The minimum atomic E-state index is -3.11. The van der Waals surface area contributed by atoms with E-state index in [1.165, 1.54) is 11.8 Å². The van der Waals surface area contributed by atoms with Crippen molar-refractivity contribution < 1.29 is 13.2 Å². The summed E-state index contributed by atoms with van der Waals surface area (Å²) in [5, 5.41) is 1.26. The Kier molecular flexibility index (Phi) is 4.66. The van der Waals surface area contributed by atoms with Gasteiger partial charge in [-0.15, -0.1) is 0 Å². The summed E-state index contributed by atoms with van der Waals surface area (Å²) in [5.74, 6) is -0.151. The third kappa shape index (κ3) is 3.38. The number of thioether (sulfide) groups is 1. The Hall–Kier alpha value is -0.760. The Balaban J connectivity index is 2.08. The van der Waals surface area contributed by atoms with Crippen LogP contribution >= 0.6 is 35.0 Å². The molecule has 0 bridgehead atoms. The number of nitrogens with zero attached hydrogens (tertiary/aromatic N) is 2. The number of carbonyl (C=O) groups is 1. The summed E-state index contributed by atoms with van der Waals surface area (Å²) in [6.45, 7) is 1.73. The Morgan fingerprint density at radius 1 is 1.39 bits per heavy atom. The van der Waals surface area contributed by atoms with Gasteiger partial charge in [-0.3, -0.25) is 4.79 Å². The first-order valence-corrected chi connectivity index (χ1v) is 10.5. The number of halogens is 2. The van der Waals surface area contributed by atoms with Crippen molar-refractivity contribution in [1.82, 2.24) is 0 Å². The summed E-state index contributed by atoms with van der Waals surface area (Å²) in [6, 6.07) is 4.70. The Bertz CT molecular complexity index is 795. The molecule has 23 heavy (non-hydrogen) atoms. The summed E-state index contributed by atoms with van der Waals surface area (Å²) in [7, 11) is -3.11. The first kappa shape index (κ1) is 17.1. The molecule has 1 aromatic rings. The van der Waals surface area contributed by atoms with Crippen LogP contribution in [0.2, 0.25) is 10.0 Å². The predicted molar refractivity (Wildman–Crippen MR) is 95.5 cm³/mol. The number of anilines is 1. The molecule has 0 radical (unpaired) electrons. The number of fused-ring (bicyclic) bond motifs is 1. The maximum atomic E-state index is 12.0. The second-order valence-corrected chi connectivity index (χ2v) is 9.61. The second-order valence-electron chi connectivity index (χ2n) is 5.41. The normalized spacial score (nSPS) is 27.4. The summed E-state index contributed by atoms with van der Waals surface area (Å²) >= 11 is 13.7. The fourth-order valence-electron chi connectivity index (χ4n) is 2.70. The summed E-state index contributed by atoms with van der Waals surface area (Å²) in [5.41, 5.74) is 0.582. The van der Waals surface area contributed by atoms with E-state index < -0.39 is 9.84 Å². The average Bonchev–Trinajstić information content (AvgIpc) is 2.92. The van der Waals surface area contributed by atoms with Crippen LogP contribution in [0.5, 0.6) is 0 Å². The zero-order chi connectivity index (χ0) is 16.8. The molecule has 0 N–H and O–H groups in total. The molecule has 1 aromatic carbocycles. The molecule has 9 heteroatoms. The fourth-order valence-corrected chi connectivity index (χ4v) is 7.00. The number of rotatable bonds is 2. The molecule has 0 aliphatic carbocycles. The molecular weight excluding hydrogens is 379 g/mol. The highest BCUT2D eigenvalue weighted by Crippen LogP contribution is 2.43. The molecule has 2 saturated heterocycles. The minimum Gasteiger partial charge on any atom is -0.314 e. The molecular formula is C14H14Cl2N2O3S2. The van der Waals surface area contributed by atoms with Crippen LogP contribution in [0, 0.1) is 0 Å². The highest BCUT2D eigenvalue weighted by atomic mass is 35.5. The maximum Gasteiger partial charge on any atom is 0.247 e. The van der Waals surface area contributed by atoms with Gasteiger partial charge in [0.2, 0.25) is 5.91 Å². The highest BCUT2D eigenvalue weighted by molar-refractivity contribution is 8.16. The van der Waals surface area contributed by atoms with Crippen LogP contribution in [0.15, 0.2) is 23.2 Å². The number of amidine groups is 1. The van der Waals surface area contributed by atoms with E-state index >= 15 is 0 Å². The van der Waals surface area contributed by atoms with Crippen molar-refractivity contribution in [3.63, 3.8) is 0 Å². The zero-order valence-electron chi connectivity index (χ0n) is 12.2. The molecule has 2 atom stereocenters. The molecule has 5 nitrogen and oxygen atoms in total. The molecule has 2 heterocycles.